The number of carbonyl (C=O) groups is 1. The first-order valence-electron chi connectivity index (χ1n) is 12.1. The quantitative estimate of drug-likeness (QED) is 0.358. The van der Waals surface area contributed by atoms with Crippen LogP contribution in [0.1, 0.15) is 59.2 Å². The molecule has 5 rings (SSSR count). The molecule has 2 unspecified atom stereocenters. The number of fused-ring (bicyclic) bond motifs is 1. The van der Waals surface area contributed by atoms with E-state index in [0.717, 1.165) is 11.1 Å². The second kappa shape index (κ2) is 9.44. The van der Waals surface area contributed by atoms with Crippen molar-refractivity contribution in [3.05, 3.63) is 89.0 Å². The van der Waals surface area contributed by atoms with Crippen LogP contribution in [-0.2, 0) is 21.9 Å². The van der Waals surface area contributed by atoms with E-state index in [9.17, 15) is 31.1 Å². The maximum Gasteiger partial charge on any atom is 0.416 e. The summed E-state index contributed by atoms with van der Waals surface area (Å²) in [7, 11) is 0. The van der Waals surface area contributed by atoms with Gasteiger partial charge in [0.1, 0.15) is 6.04 Å². The number of rotatable bonds is 5. The first-order valence-corrected chi connectivity index (χ1v) is 12.1. The number of aromatic nitrogens is 2. The largest absolute Gasteiger partial charge is 0.416 e. The number of hydrogen-bond acceptors (Lipinski definition) is 3. The topological polar surface area (TPSA) is 47.4 Å². The van der Waals surface area contributed by atoms with E-state index in [4.69, 9.17) is 4.74 Å². The van der Waals surface area contributed by atoms with Crippen LogP contribution in [0.5, 0.6) is 0 Å². The van der Waals surface area contributed by atoms with E-state index >= 15 is 0 Å². The van der Waals surface area contributed by atoms with E-state index in [0.29, 0.717) is 18.6 Å². The molecule has 0 spiro atoms. The minimum atomic E-state index is -4.95. The third-order valence-electron chi connectivity index (χ3n) is 7.52. The normalized spacial score (nSPS) is 24.6. The summed E-state index contributed by atoms with van der Waals surface area (Å²) >= 11 is 0. The molecular formula is C27H25F6N3O2. The van der Waals surface area contributed by atoms with Crippen LogP contribution >= 0.6 is 0 Å². The highest BCUT2D eigenvalue weighted by atomic mass is 19.4. The zero-order valence-corrected chi connectivity index (χ0v) is 20.5. The van der Waals surface area contributed by atoms with Gasteiger partial charge in [0.25, 0.3) is 0 Å². The molecule has 0 N–H and O–H groups in total. The average Bonchev–Trinajstić information content (AvgIpc) is 3.56. The van der Waals surface area contributed by atoms with Crippen LogP contribution in [0.2, 0.25) is 0 Å². The molecule has 3 heterocycles. The van der Waals surface area contributed by atoms with Crippen molar-refractivity contribution in [1.29, 1.82) is 0 Å². The first-order chi connectivity index (χ1) is 17.8. The Hall–Kier alpha value is -3.34. The van der Waals surface area contributed by atoms with Gasteiger partial charge in [0.05, 0.1) is 29.7 Å². The summed E-state index contributed by atoms with van der Waals surface area (Å²) in [5, 5.41) is 0. The number of nitrogens with zero attached hydrogens (tertiary/aromatic N) is 3. The summed E-state index contributed by atoms with van der Waals surface area (Å²) in [6.07, 6.45) is -6.26. The first kappa shape index (κ1) is 26.3. The number of alkyl halides is 6. The van der Waals surface area contributed by atoms with Crippen molar-refractivity contribution in [3.63, 3.8) is 0 Å². The number of benzene rings is 2. The maximum absolute atomic E-state index is 13.4. The summed E-state index contributed by atoms with van der Waals surface area (Å²) in [6.45, 7) is 3.53. The molecule has 0 saturated carbocycles. The molecule has 11 heteroatoms. The standard InChI is InChI=1S/C27H25F6N3O2/c1-15-5-3-4-6-20(15)24-21-12-22(35-8-7-34-14-35)25(37)36(21)13-23(24)38-16(2)17-9-18(26(28,29)30)11-19(10-17)27(31,32)33/h3-11,14,16,21-24H,12-13H2,1-2H3/t16-,21?,22?,23+,24+/m1/s1. The van der Waals surface area contributed by atoms with Crippen LogP contribution in [0.25, 0.3) is 0 Å². The van der Waals surface area contributed by atoms with Gasteiger partial charge in [-0.2, -0.15) is 26.3 Å². The second-order valence-electron chi connectivity index (χ2n) is 9.86. The second-order valence-corrected chi connectivity index (χ2v) is 9.86. The molecule has 5 atom stereocenters. The molecular weight excluding hydrogens is 512 g/mol. The molecule has 2 aliphatic rings. The van der Waals surface area contributed by atoms with Gasteiger partial charge >= 0.3 is 12.4 Å². The van der Waals surface area contributed by atoms with Crippen molar-refractivity contribution in [2.75, 3.05) is 6.54 Å². The van der Waals surface area contributed by atoms with E-state index in [-0.39, 0.29) is 36.0 Å². The Bertz CT molecular complexity index is 1290. The molecule has 2 aliphatic heterocycles. The van der Waals surface area contributed by atoms with Gasteiger partial charge in [0, 0.05) is 30.9 Å². The molecule has 0 aliphatic carbocycles. The Labute approximate surface area is 215 Å². The van der Waals surface area contributed by atoms with Crippen LogP contribution in [0.3, 0.4) is 0 Å². The van der Waals surface area contributed by atoms with Crippen LogP contribution in [0.4, 0.5) is 26.3 Å². The van der Waals surface area contributed by atoms with Crippen molar-refractivity contribution >= 4 is 5.91 Å². The number of hydrogen-bond donors (Lipinski definition) is 0. The molecule has 2 aromatic carbocycles. The van der Waals surface area contributed by atoms with Crippen LogP contribution in [-0.4, -0.2) is 39.0 Å². The molecule has 38 heavy (non-hydrogen) atoms. The minimum Gasteiger partial charge on any atom is -0.368 e. The van der Waals surface area contributed by atoms with Crippen LogP contribution in [0.15, 0.2) is 61.2 Å². The Morgan fingerprint density at radius 3 is 2.26 bits per heavy atom. The van der Waals surface area contributed by atoms with Crippen molar-refractivity contribution in [1.82, 2.24) is 14.5 Å². The molecule has 1 amide bonds. The fraction of sp³-hybridized carbons (Fsp3) is 0.407. The smallest absolute Gasteiger partial charge is 0.368 e. The monoisotopic (exact) mass is 537 g/mol. The van der Waals surface area contributed by atoms with Crippen molar-refractivity contribution in [2.45, 2.75) is 62.8 Å². The highest BCUT2D eigenvalue weighted by Gasteiger charge is 2.53. The van der Waals surface area contributed by atoms with E-state index < -0.39 is 41.7 Å². The molecule has 0 bridgehead atoms. The van der Waals surface area contributed by atoms with Crippen LogP contribution in [0, 0.1) is 6.92 Å². The van der Waals surface area contributed by atoms with Gasteiger partial charge in [0.2, 0.25) is 5.91 Å². The van der Waals surface area contributed by atoms with Gasteiger partial charge in [0.15, 0.2) is 0 Å². The van der Waals surface area contributed by atoms with Gasteiger partial charge in [-0.25, -0.2) is 4.98 Å². The van der Waals surface area contributed by atoms with Gasteiger partial charge in [-0.3, -0.25) is 4.79 Å². The lowest BCUT2D eigenvalue weighted by Crippen LogP contribution is -2.31. The van der Waals surface area contributed by atoms with Crippen molar-refractivity contribution < 1.29 is 35.9 Å². The lowest BCUT2D eigenvalue weighted by atomic mass is 9.85. The maximum atomic E-state index is 13.4. The number of amides is 1. The average molecular weight is 538 g/mol. The number of aryl methyl sites for hydroxylation is 1. The van der Waals surface area contributed by atoms with E-state index in [2.05, 4.69) is 4.98 Å². The highest BCUT2D eigenvalue weighted by molar-refractivity contribution is 5.84. The summed E-state index contributed by atoms with van der Waals surface area (Å²) in [5.41, 5.74) is -1.13. The molecule has 3 aromatic rings. The third kappa shape index (κ3) is 4.79. The summed E-state index contributed by atoms with van der Waals surface area (Å²) in [4.78, 5) is 19.1. The van der Waals surface area contributed by atoms with Gasteiger partial charge < -0.3 is 14.2 Å². The minimum absolute atomic E-state index is 0.104. The number of ether oxygens (including phenoxy) is 1. The summed E-state index contributed by atoms with van der Waals surface area (Å²) < 4.78 is 88.5. The predicted octanol–water partition coefficient (Wildman–Crippen LogP) is 6.31. The lowest BCUT2D eigenvalue weighted by Gasteiger charge is -2.28. The molecule has 1 aromatic heterocycles. The highest BCUT2D eigenvalue weighted by Crippen LogP contribution is 2.47. The molecule has 5 nitrogen and oxygen atoms in total. The Balaban J connectivity index is 1.48. The van der Waals surface area contributed by atoms with E-state index in [1.807, 2.05) is 31.2 Å². The van der Waals surface area contributed by atoms with Gasteiger partial charge in [-0.05, 0) is 55.2 Å². The fourth-order valence-corrected chi connectivity index (χ4v) is 5.69. The lowest BCUT2D eigenvalue weighted by molar-refractivity contribution is -0.143. The fourth-order valence-electron chi connectivity index (χ4n) is 5.69. The van der Waals surface area contributed by atoms with Crippen LogP contribution < -0.4 is 0 Å². The van der Waals surface area contributed by atoms with E-state index in [1.54, 1.807) is 28.2 Å². The van der Waals surface area contributed by atoms with E-state index in [1.165, 1.54) is 6.92 Å². The Morgan fingerprint density at radius 1 is 1.03 bits per heavy atom. The van der Waals surface area contributed by atoms with Crippen molar-refractivity contribution in [3.8, 4) is 0 Å². The summed E-state index contributed by atoms with van der Waals surface area (Å²) in [6, 6.07) is 8.38. The predicted molar refractivity (Wildman–Crippen MR) is 125 cm³/mol. The molecule has 202 valence electrons. The van der Waals surface area contributed by atoms with Gasteiger partial charge in [-0.15, -0.1) is 0 Å². The third-order valence-corrected chi connectivity index (χ3v) is 7.52. The zero-order valence-electron chi connectivity index (χ0n) is 20.5. The number of imidazole rings is 1. The SMILES string of the molecule is Cc1ccccc1[C@H]1C2CC(n3ccnc3)C(=O)N2C[C@@H]1O[C@H](C)c1cc(C(F)(F)F)cc(C(F)(F)F)c1. The number of carbonyl (C=O) groups excluding carboxylic acids is 1. The van der Waals surface area contributed by atoms with Crippen molar-refractivity contribution in [2.24, 2.45) is 0 Å². The Kier molecular flexibility index (Phi) is 6.53. The van der Waals surface area contributed by atoms with Gasteiger partial charge in [-0.1, -0.05) is 24.3 Å². The number of halogens is 6. The molecule has 0 radical (unpaired) electrons. The zero-order chi connectivity index (χ0) is 27.4. The molecule has 2 fully saturated rings. The Morgan fingerprint density at radius 2 is 1.68 bits per heavy atom. The summed E-state index contributed by atoms with van der Waals surface area (Å²) in [5.74, 6) is -0.437. The molecule has 2 saturated heterocycles.